The maximum absolute atomic E-state index is 13.5. The van der Waals surface area contributed by atoms with Gasteiger partial charge < -0.3 is 10.2 Å². The normalized spacial score (nSPS) is 20.9. The van der Waals surface area contributed by atoms with E-state index in [9.17, 15) is 31.1 Å². The topological polar surface area (TPSA) is 45.2 Å². The summed E-state index contributed by atoms with van der Waals surface area (Å²) in [7, 11) is 0. The Balaban J connectivity index is 1.67. The van der Waals surface area contributed by atoms with Gasteiger partial charge in [0.2, 0.25) is 5.91 Å². The van der Waals surface area contributed by atoms with Crippen LogP contribution < -0.4 is 10.2 Å². The van der Waals surface area contributed by atoms with Crippen molar-refractivity contribution in [2.24, 2.45) is 17.8 Å². The molecule has 1 aromatic heterocycles. The number of nitrogens with one attached hydrogen (secondary N) is 1. The number of carbonyl (C=O) groups excluding carboxylic acids is 1. The highest BCUT2D eigenvalue weighted by molar-refractivity contribution is 5.77. The number of hydrogen-bond donors (Lipinski definition) is 1. The summed E-state index contributed by atoms with van der Waals surface area (Å²) in [5.41, 5.74) is 4.01. The number of alkyl halides is 6. The molecule has 4 rings (SSSR count). The molecule has 1 aliphatic carbocycles. The number of rotatable bonds is 6. The van der Waals surface area contributed by atoms with Crippen molar-refractivity contribution in [3.8, 4) is 11.1 Å². The van der Waals surface area contributed by atoms with Crippen LogP contribution >= 0.6 is 0 Å². The first-order valence-corrected chi connectivity index (χ1v) is 12.0. The van der Waals surface area contributed by atoms with Gasteiger partial charge >= 0.3 is 12.4 Å². The SMILES string of the molecule is Cc1cc(-c2ccc(N3C[C@H](C(F)(F)F)C[C@H](C(F)(F)F)C3)cc2CNC(=O)CC2CC2)cc(C)n1. The minimum Gasteiger partial charge on any atom is -0.370 e. The van der Waals surface area contributed by atoms with E-state index in [2.05, 4.69) is 10.3 Å². The van der Waals surface area contributed by atoms with Gasteiger partial charge in [-0.25, -0.2) is 0 Å². The third kappa shape index (κ3) is 6.50. The van der Waals surface area contributed by atoms with Crippen LogP contribution in [0.25, 0.3) is 11.1 Å². The Kier molecular flexibility index (Phi) is 7.26. The largest absolute Gasteiger partial charge is 0.393 e. The number of hydrogen-bond acceptors (Lipinski definition) is 3. The van der Waals surface area contributed by atoms with E-state index in [1.54, 1.807) is 18.2 Å². The van der Waals surface area contributed by atoms with Crippen molar-refractivity contribution in [3.05, 3.63) is 47.3 Å². The van der Waals surface area contributed by atoms with Crippen molar-refractivity contribution in [3.63, 3.8) is 0 Å². The lowest BCUT2D eigenvalue weighted by Crippen LogP contribution is -2.49. The molecule has 2 fully saturated rings. The summed E-state index contributed by atoms with van der Waals surface area (Å²) >= 11 is 0. The molecule has 1 amide bonds. The van der Waals surface area contributed by atoms with Crippen molar-refractivity contribution in [2.75, 3.05) is 18.0 Å². The number of aryl methyl sites for hydroxylation is 2. The summed E-state index contributed by atoms with van der Waals surface area (Å²) in [5, 5.41) is 2.87. The lowest BCUT2D eigenvalue weighted by Gasteiger charge is -2.40. The standard InChI is InChI=1S/C26H29F6N3O/c1-15-7-18(8-16(2)34-15)23-6-5-22(10-19(23)12-33-24(36)9-17-3-4-17)35-13-20(25(27,28)29)11-21(14-35)26(30,31)32/h5-8,10,17,20-21H,3-4,9,11-14H2,1-2H3,(H,33,36)/t20-,21+. The molecule has 36 heavy (non-hydrogen) atoms. The fourth-order valence-electron chi connectivity index (χ4n) is 4.83. The Morgan fingerprint density at radius 2 is 1.56 bits per heavy atom. The Bertz CT molecular complexity index is 1070. The molecule has 4 nitrogen and oxygen atoms in total. The van der Waals surface area contributed by atoms with E-state index in [4.69, 9.17) is 0 Å². The Hall–Kier alpha value is -2.78. The number of pyridine rings is 1. The van der Waals surface area contributed by atoms with Crippen LogP contribution in [-0.2, 0) is 11.3 Å². The smallest absolute Gasteiger partial charge is 0.370 e. The van der Waals surface area contributed by atoms with Crippen LogP contribution in [0.2, 0.25) is 0 Å². The summed E-state index contributed by atoms with van der Waals surface area (Å²) < 4.78 is 81.0. The van der Waals surface area contributed by atoms with Crippen LogP contribution in [-0.4, -0.2) is 36.3 Å². The molecule has 2 aromatic rings. The molecular weight excluding hydrogens is 484 g/mol. The number of nitrogens with zero attached hydrogens (tertiary/aromatic N) is 2. The third-order valence-corrected chi connectivity index (χ3v) is 6.87. The van der Waals surface area contributed by atoms with Gasteiger partial charge in [-0.15, -0.1) is 0 Å². The third-order valence-electron chi connectivity index (χ3n) is 6.87. The minimum atomic E-state index is -4.73. The number of halogens is 6. The summed E-state index contributed by atoms with van der Waals surface area (Å²) in [5.74, 6) is -3.90. The quantitative estimate of drug-likeness (QED) is 0.458. The molecule has 0 radical (unpaired) electrons. The first-order valence-electron chi connectivity index (χ1n) is 12.0. The predicted molar refractivity (Wildman–Crippen MR) is 124 cm³/mol. The highest BCUT2D eigenvalue weighted by Crippen LogP contribution is 2.43. The van der Waals surface area contributed by atoms with Gasteiger partial charge in [-0.2, -0.15) is 26.3 Å². The molecule has 1 aliphatic heterocycles. The van der Waals surface area contributed by atoms with Crippen LogP contribution in [0.1, 0.15) is 42.6 Å². The highest BCUT2D eigenvalue weighted by atomic mass is 19.4. The molecule has 1 N–H and O–H groups in total. The first-order chi connectivity index (χ1) is 16.8. The molecule has 0 unspecified atom stereocenters. The Labute approximate surface area is 206 Å². The van der Waals surface area contributed by atoms with E-state index in [-0.39, 0.29) is 18.1 Å². The zero-order valence-corrected chi connectivity index (χ0v) is 20.1. The molecule has 2 atom stereocenters. The van der Waals surface area contributed by atoms with Crippen LogP contribution in [0.5, 0.6) is 0 Å². The van der Waals surface area contributed by atoms with E-state index in [0.29, 0.717) is 17.9 Å². The summed E-state index contributed by atoms with van der Waals surface area (Å²) in [4.78, 5) is 17.9. The highest BCUT2D eigenvalue weighted by Gasteiger charge is 2.51. The van der Waals surface area contributed by atoms with Gasteiger partial charge in [-0.3, -0.25) is 9.78 Å². The van der Waals surface area contributed by atoms with Crippen molar-refractivity contribution in [1.29, 1.82) is 0 Å². The lowest BCUT2D eigenvalue weighted by atomic mass is 9.87. The van der Waals surface area contributed by atoms with Gasteiger partial charge in [-0.1, -0.05) is 6.07 Å². The molecule has 2 aliphatic rings. The average molecular weight is 514 g/mol. The summed E-state index contributed by atoms with van der Waals surface area (Å²) in [6.07, 6.45) is -7.99. The summed E-state index contributed by atoms with van der Waals surface area (Å²) in [6, 6.07) is 8.58. The van der Waals surface area contributed by atoms with E-state index >= 15 is 0 Å². The van der Waals surface area contributed by atoms with Gasteiger partial charge in [0.05, 0.1) is 11.8 Å². The fraction of sp³-hybridized carbons (Fsp3) is 0.538. The van der Waals surface area contributed by atoms with Crippen LogP contribution in [0.3, 0.4) is 0 Å². The Morgan fingerprint density at radius 3 is 2.08 bits per heavy atom. The summed E-state index contributed by atoms with van der Waals surface area (Å²) in [6.45, 7) is 2.70. The van der Waals surface area contributed by atoms with Crippen LogP contribution in [0.15, 0.2) is 30.3 Å². The van der Waals surface area contributed by atoms with E-state index in [0.717, 1.165) is 35.4 Å². The predicted octanol–water partition coefficient (Wildman–Crippen LogP) is 6.35. The number of carbonyl (C=O) groups is 1. The van der Waals surface area contributed by atoms with Crippen molar-refractivity contribution < 1.29 is 31.1 Å². The average Bonchev–Trinajstić information content (AvgIpc) is 3.59. The van der Waals surface area contributed by atoms with E-state index in [1.807, 2.05) is 26.0 Å². The second-order valence-electron chi connectivity index (χ2n) is 10.0. The molecule has 196 valence electrons. The van der Waals surface area contributed by atoms with Gasteiger partial charge in [0, 0.05) is 43.1 Å². The molecule has 0 spiro atoms. The van der Waals surface area contributed by atoms with Gasteiger partial charge in [-0.05, 0) is 80.0 Å². The minimum absolute atomic E-state index is 0.119. The second kappa shape index (κ2) is 9.94. The van der Waals surface area contributed by atoms with Gasteiger partial charge in [0.25, 0.3) is 0 Å². The molecule has 1 saturated heterocycles. The molecule has 1 aromatic carbocycles. The fourth-order valence-corrected chi connectivity index (χ4v) is 4.83. The second-order valence-corrected chi connectivity index (χ2v) is 10.0. The van der Waals surface area contributed by atoms with E-state index in [1.165, 1.54) is 4.90 Å². The van der Waals surface area contributed by atoms with Gasteiger partial charge in [0.1, 0.15) is 0 Å². The maximum atomic E-state index is 13.5. The monoisotopic (exact) mass is 513 g/mol. The number of benzene rings is 1. The molecule has 1 saturated carbocycles. The van der Waals surface area contributed by atoms with Crippen LogP contribution in [0.4, 0.5) is 32.0 Å². The molecule has 2 heterocycles. The van der Waals surface area contributed by atoms with Crippen molar-refractivity contribution >= 4 is 11.6 Å². The molecule has 10 heteroatoms. The first kappa shape index (κ1) is 26.3. The number of piperidine rings is 1. The zero-order valence-electron chi connectivity index (χ0n) is 20.1. The number of anilines is 1. The molecular formula is C26H29F6N3O. The van der Waals surface area contributed by atoms with E-state index < -0.39 is 43.7 Å². The van der Waals surface area contributed by atoms with Crippen molar-refractivity contribution in [2.45, 2.75) is 58.4 Å². The molecule has 0 bridgehead atoms. The van der Waals surface area contributed by atoms with Crippen LogP contribution in [0, 0.1) is 31.6 Å². The Morgan fingerprint density at radius 1 is 0.972 bits per heavy atom. The number of aromatic nitrogens is 1. The van der Waals surface area contributed by atoms with Crippen molar-refractivity contribution in [1.82, 2.24) is 10.3 Å². The number of amides is 1. The zero-order chi connectivity index (χ0) is 26.3. The maximum Gasteiger partial charge on any atom is 0.393 e. The van der Waals surface area contributed by atoms with Gasteiger partial charge in [0.15, 0.2) is 0 Å². The lowest BCUT2D eigenvalue weighted by molar-refractivity contribution is -0.214.